The van der Waals surface area contributed by atoms with Crippen LogP contribution in [-0.2, 0) is 11.2 Å². The number of benzene rings is 1. The van der Waals surface area contributed by atoms with Crippen LogP contribution in [0.5, 0.6) is 0 Å². The lowest BCUT2D eigenvalue weighted by Gasteiger charge is -2.00. The zero-order valence-corrected chi connectivity index (χ0v) is 7.43. The van der Waals surface area contributed by atoms with E-state index in [1.807, 2.05) is 19.8 Å². The summed E-state index contributed by atoms with van der Waals surface area (Å²) >= 11 is 0. The molecule has 0 heterocycles. The van der Waals surface area contributed by atoms with Crippen molar-refractivity contribution in [1.82, 2.24) is 0 Å². The molecule has 0 amide bonds. The van der Waals surface area contributed by atoms with Crippen molar-refractivity contribution in [2.75, 3.05) is 0 Å². The van der Waals surface area contributed by atoms with Crippen molar-refractivity contribution in [3.63, 3.8) is 0 Å². The van der Waals surface area contributed by atoms with Crippen LogP contribution in [0.25, 0.3) is 0 Å². The first kappa shape index (κ1) is 10.8. The third-order valence-electron chi connectivity index (χ3n) is 1.69. The van der Waals surface area contributed by atoms with Gasteiger partial charge in [-0.05, 0) is 36.6 Å². The summed E-state index contributed by atoms with van der Waals surface area (Å²) in [6, 6.07) is 4.91. The van der Waals surface area contributed by atoms with Crippen LogP contribution in [-0.4, -0.2) is 6.79 Å². The van der Waals surface area contributed by atoms with E-state index in [9.17, 15) is 4.39 Å². The van der Waals surface area contributed by atoms with Crippen LogP contribution in [0.4, 0.5) is 4.39 Å². The number of hydrogen-bond donors (Lipinski definition) is 0. The molecule has 0 atom stereocenters. The molecule has 0 unspecified atom stereocenters. The van der Waals surface area contributed by atoms with E-state index in [2.05, 4.69) is 6.92 Å². The standard InChI is InChI=1S/C9H11F.CH2O/c1-3-8-4-5-9(10)6-7(8)2;1-2/h4-6H,3H2,1-2H3;1H2. The Morgan fingerprint density at radius 2 is 2.00 bits per heavy atom. The molecule has 0 bridgehead atoms. The molecule has 0 saturated heterocycles. The predicted octanol–water partition coefficient (Wildman–Crippen LogP) is 2.51. The van der Waals surface area contributed by atoms with Crippen molar-refractivity contribution in [1.29, 1.82) is 0 Å². The number of hydrogen-bond acceptors (Lipinski definition) is 1. The molecule has 0 radical (unpaired) electrons. The monoisotopic (exact) mass is 168 g/mol. The Labute approximate surface area is 72.2 Å². The average Bonchev–Trinajstić information content (AvgIpc) is 2.08. The molecular weight excluding hydrogens is 155 g/mol. The summed E-state index contributed by atoms with van der Waals surface area (Å²) in [5.74, 6) is -0.144. The minimum Gasteiger partial charge on any atom is -0.307 e. The van der Waals surface area contributed by atoms with Crippen LogP contribution >= 0.6 is 0 Å². The van der Waals surface area contributed by atoms with Crippen LogP contribution in [0.1, 0.15) is 18.1 Å². The van der Waals surface area contributed by atoms with Crippen molar-refractivity contribution < 1.29 is 9.18 Å². The van der Waals surface area contributed by atoms with Gasteiger partial charge in [-0.25, -0.2) is 4.39 Å². The molecule has 0 N–H and O–H groups in total. The molecule has 2 heteroatoms. The first-order chi connectivity index (χ1) is 5.74. The zero-order chi connectivity index (χ0) is 9.56. The Morgan fingerprint density at radius 3 is 2.42 bits per heavy atom. The smallest absolute Gasteiger partial charge is 0.123 e. The highest BCUT2D eigenvalue weighted by molar-refractivity contribution is 5.26. The molecule has 0 saturated carbocycles. The van der Waals surface area contributed by atoms with Gasteiger partial charge in [-0.15, -0.1) is 0 Å². The molecule has 1 nitrogen and oxygen atoms in total. The Morgan fingerprint density at radius 1 is 1.42 bits per heavy atom. The predicted molar refractivity (Wildman–Crippen MR) is 47.6 cm³/mol. The van der Waals surface area contributed by atoms with Gasteiger partial charge in [-0.1, -0.05) is 13.0 Å². The van der Waals surface area contributed by atoms with E-state index in [0.717, 1.165) is 12.0 Å². The third-order valence-corrected chi connectivity index (χ3v) is 1.69. The quantitative estimate of drug-likeness (QED) is 0.629. The number of rotatable bonds is 1. The highest BCUT2D eigenvalue weighted by Gasteiger charge is 1.95. The van der Waals surface area contributed by atoms with Crippen molar-refractivity contribution in [2.45, 2.75) is 20.3 Å². The van der Waals surface area contributed by atoms with Gasteiger partial charge in [0.2, 0.25) is 0 Å². The molecule has 0 aliphatic heterocycles. The summed E-state index contributed by atoms with van der Waals surface area (Å²) in [6.45, 7) is 6.00. The van der Waals surface area contributed by atoms with E-state index < -0.39 is 0 Å². The molecular formula is C10H13FO. The number of aryl methyl sites for hydroxylation is 2. The van der Waals surface area contributed by atoms with Crippen molar-refractivity contribution in [3.05, 3.63) is 35.1 Å². The number of halogens is 1. The average molecular weight is 168 g/mol. The normalized spacial score (nSPS) is 8.58. The molecule has 0 aliphatic rings. The summed E-state index contributed by atoms with van der Waals surface area (Å²) < 4.78 is 12.5. The van der Waals surface area contributed by atoms with E-state index in [4.69, 9.17) is 4.79 Å². The third kappa shape index (κ3) is 2.82. The fraction of sp³-hybridized carbons (Fsp3) is 0.300. The van der Waals surface area contributed by atoms with Gasteiger partial charge in [0.15, 0.2) is 0 Å². The van der Waals surface area contributed by atoms with Crippen molar-refractivity contribution in [3.8, 4) is 0 Å². The summed E-state index contributed by atoms with van der Waals surface area (Å²) in [6.07, 6.45) is 0.978. The van der Waals surface area contributed by atoms with Gasteiger partial charge in [-0.2, -0.15) is 0 Å². The molecule has 1 aromatic carbocycles. The van der Waals surface area contributed by atoms with E-state index in [1.54, 1.807) is 6.07 Å². The highest BCUT2D eigenvalue weighted by Crippen LogP contribution is 2.09. The van der Waals surface area contributed by atoms with Gasteiger partial charge in [0, 0.05) is 0 Å². The SMILES string of the molecule is C=O.CCc1ccc(F)cc1C. The van der Waals surface area contributed by atoms with Crippen LogP contribution in [0.15, 0.2) is 18.2 Å². The lowest BCUT2D eigenvalue weighted by Crippen LogP contribution is -1.86. The minimum absolute atomic E-state index is 0.144. The fourth-order valence-corrected chi connectivity index (χ4v) is 1.06. The van der Waals surface area contributed by atoms with E-state index in [1.165, 1.54) is 11.6 Å². The van der Waals surface area contributed by atoms with Crippen LogP contribution in [0.2, 0.25) is 0 Å². The maximum Gasteiger partial charge on any atom is 0.123 e. The molecule has 0 spiro atoms. The van der Waals surface area contributed by atoms with Crippen molar-refractivity contribution >= 4 is 6.79 Å². The topological polar surface area (TPSA) is 17.1 Å². The lowest BCUT2D eigenvalue weighted by atomic mass is 10.1. The van der Waals surface area contributed by atoms with E-state index in [-0.39, 0.29) is 5.82 Å². The number of carbonyl (C=O) groups excluding carboxylic acids is 1. The Kier molecular flexibility index (Phi) is 4.93. The minimum atomic E-state index is -0.144. The molecule has 0 aliphatic carbocycles. The Hall–Kier alpha value is -1.18. The summed E-state index contributed by atoms with van der Waals surface area (Å²) in [7, 11) is 0. The maximum absolute atomic E-state index is 12.5. The summed E-state index contributed by atoms with van der Waals surface area (Å²) in [5.41, 5.74) is 2.27. The first-order valence-corrected chi connectivity index (χ1v) is 3.78. The van der Waals surface area contributed by atoms with Gasteiger partial charge in [0.25, 0.3) is 0 Å². The van der Waals surface area contributed by atoms with Gasteiger partial charge in [0.1, 0.15) is 12.6 Å². The second-order valence-electron chi connectivity index (χ2n) is 2.42. The van der Waals surface area contributed by atoms with Crippen LogP contribution < -0.4 is 0 Å². The largest absolute Gasteiger partial charge is 0.307 e. The Bertz CT molecular complexity index is 246. The zero-order valence-electron chi connectivity index (χ0n) is 7.43. The molecule has 0 aromatic heterocycles. The summed E-state index contributed by atoms with van der Waals surface area (Å²) in [4.78, 5) is 8.00. The first-order valence-electron chi connectivity index (χ1n) is 3.78. The van der Waals surface area contributed by atoms with Gasteiger partial charge < -0.3 is 4.79 Å². The lowest BCUT2D eigenvalue weighted by molar-refractivity contribution is -0.0979. The maximum atomic E-state index is 12.5. The molecule has 66 valence electrons. The van der Waals surface area contributed by atoms with Gasteiger partial charge >= 0.3 is 0 Å². The van der Waals surface area contributed by atoms with Crippen molar-refractivity contribution in [2.24, 2.45) is 0 Å². The molecule has 0 fully saturated rings. The molecule has 1 rings (SSSR count). The second-order valence-corrected chi connectivity index (χ2v) is 2.42. The second kappa shape index (κ2) is 5.47. The van der Waals surface area contributed by atoms with Gasteiger partial charge in [0.05, 0.1) is 0 Å². The molecule has 1 aromatic rings. The highest BCUT2D eigenvalue weighted by atomic mass is 19.1. The fourth-order valence-electron chi connectivity index (χ4n) is 1.06. The number of carbonyl (C=O) groups is 1. The summed E-state index contributed by atoms with van der Waals surface area (Å²) in [5, 5.41) is 0. The molecule has 12 heavy (non-hydrogen) atoms. The van der Waals surface area contributed by atoms with E-state index in [0.29, 0.717) is 0 Å². The van der Waals surface area contributed by atoms with E-state index >= 15 is 0 Å². The Balaban J connectivity index is 0.000000561. The van der Waals surface area contributed by atoms with Crippen LogP contribution in [0.3, 0.4) is 0 Å². The van der Waals surface area contributed by atoms with Gasteiger partial charge in [-0.3, -0.25) is 0 Å². The van der Waals surface area contributed by atoms with Crippen LogP contribution in [0, 0.1) is 12.7 Å².